The quantitative estimate of drug-likeness (QED) is 0.0345. The molecule has 24 heteroatoms. The third kappa shape index (κ3) is 36.9. The Kier molecular flexibility index (Phi) is 48.9. The normalized spacial score (nSPS) is 10.8. The first-order chi connectivity index (χ1) is 20.2. The first-order valence-electron chi connectivity index (χ1n) is 12.9. The average Bonchev–Trinajstić information content (AvgIpc) is 2.98. The Balaban J connectivity index is -0.00000133. The van der Waals surface area contributed by atoms with Crippen molar-refractivity contribution in [1.29, 1.82) is 0 Å². The molecule has 0 heterocycles. The maximum absolute atomic E-state index is 8.32. The number of azide groups is 4. The van der Waals surface area contributed by atoms with E-state index < -0.39 is 5.41 Å². The molecule has 24 nitrogen and oxygen atoms in total. The van der Waals surface area contributed by atoms with Crippen LogP contribution in [0.25, 0.3) is 41.8 Å². The summed E-state index contributed by atoms with van der Waals surface area (Å²) in [4.78, 5) is 10.7. The first kappa shape index (κ1) is 51.3. The van der Waals surface area contributed by atoms with E-state index in [1.807, 2.05) is 0 Å². The molecule has 0 amide bonds. The van der Waals surface area contributed by atoms with Gasteiger partial charge in [0.2, 0.25) is 0 Å². The predicted octanol–water partition coefficient (Wildman–Crippen LogP) is 3.99. The molecule has 0 unspecified atom stereocenters. The number of ether oxygens (including phenoxy) is 8. The van der Waals surface area contributed by atoms with Crippen molar-refractivity contribution in [3.8, 4) is 0 Å². The van der Waals surface area contributed by atoms with Gasteiger partial charge in [0.1, 0.15) is 0 Å². The molecule has 45 heavy (non-hydrogen) atoms. The van der Waals surface area contributed by atoms with Gasteiger partial charge in [0.05, 0.1) is 111 Å². The number of hydrogen-bond donors (Lipinski definition) is 4. The molecule has 0 radical (unpaired) electrons. The first-order valence-corrected chi connectivity index (χ1v) is 12.9. The fourth-order valence-corrected chi connectivity index (χ4v) is 2.88. The average molecular weight is 657 g/mol. The van der Waals surface area contributed by atoms with Gasteiger partial charge in [-0.15, -0.1) is 0 Å². The predicted molar refractivity (Wildman–Crippen MR) is 165 cm³/mol. The van der Waals surface area contributed by atoms with E-state index in [1.54, 1.807) is 0 Å². The van der Waals surface area contributed by atoms with Gasteiger partial charge < -0.3 is 62.5 Å². The van der Waals surface area contributed by atoms with Crippen molar-refractivity contribution in [2.75, 3.05) is 132 Å². The second kappa shape index (κ2) is 42.9. The van der Waals surface area contributed by atoms with E-state index in [-0.39, 0.29) is 130 Å². The second-order valence-corrected chi connectivity index (χ2v) is 7.98. The largest absolute Gasteiger partial charge is 0.379 e. The Labute approximate surface area is 262 Å². The van der Waals surface area contributed by atoms with Crippen molar-refractivity contribution < 1.29 is 37.9 Å². The van der Waals surface area contributed by atoms with Gasteiger partial charge in [-0.25, -0.2) is 0 Å². The van der Waals surface area contributed by atoms with Gasteiger partial charge in [0, 0.05) is 45.8 Å². The zero-order chi connectivity index (χ0) is 30.0. The Bertz CT molecular complexity index is 689. The van der Waals surface area contributed by atoms with Crippen LogP contribution in [-0.4, -0.2) is 132 Å². The lowest BCUT2D eigenvalue weighted by atomic mass is 9.92. The van der Waals surface area contributed by atoms with Crippen molar-refractivity contribution >= 4 is 0 Å². The zero-order valence-electron chi connectivity index (χ0n) is 26.1. The van der Waals surface area contributed by atoms with E-state index in [0.717, 1.165) is 0 Å². The summed E-state index contributed by atoms with van der Waals surface area (Å²) in [5.41, 5.74) is 32.6. The third-order valence-corrected chi connectivity index (χ3v) is 4.72. The van der Waals surface area contributed by atoms with E-state index in [2.05, 4.69) is 40.1 Å². The van der Waals surface area contributed by atoms with Crippen molar-refractivity contribution in [2.45, 2.75) is 0 Å². The molecule has 0 aliphatic rings. The summed E-state index contributed by atoms with van der Waals surface area (Å²) in [6.07, 6.45) is 0. The highest BCUT2D eigenvalue weighted by Gasteiger charge is 2.32. The van der Waals surface area contributed by atoms with Gasteiger partial charge in [-0.1, -0.05) is 20.5 Å². The van der Waals surface area contributed by atoms with Crippen molar-refractivity contribution in [2.24, 2.45) is 25.9 Å². The Morgan fingerprint density at radius 3 is 0.733 bits per heavy atom. The fourth-order valence-electron chi connectivity index (χ4n) is 2.88. The summed E-state index contributed by atoms with van der Waals surface area (Å²) in [5.74, 6) is 0. The lowest BCUT2D eigenvalue weighted by Crippen LogP contribution is -2.43. The summed E-state index contributed by atoms with van der Waals surface area (Å²) < 4.78 is 45.0. The molecule has 0 spiro atoms. The number of nitrogens with zero attached hydrogens (tertiary/aromatic N) is 12. The number of rotatable bonds is 32. The summed E-state index contributed by atoms with van der Waals surface area (Å²) >= 11 is 0. The lowest BCUT2D eigenvalue weighted by Gasteiger charge is -2.33. The van der Waals surface area contributed by atoms with E-state index in [1.165, 1.54) is 0 Å². The summed E-state index contributed by atoms with van der Waals surface area (Å²) in [6, 6.07) is 0. The Morgan fingerprint density at radius 2 is 0.533 bits per heavy atom. The van der Waals surface area contributed by atoms with Gasteiger partial charge in [-0.2, -0.15) is 0 Å². The van der Waals surface area contributed by atoms with Crippen LogP contribution in [0.5, 0.6) is 0 Å². The second-order valence-electron chi connectivity index (χ2n) is 7.98. The summed E-state index contributed by atoms with van der Waals surface area (Å²) in [6.45, 7) is 5.30. The highest BCUT2D eigenvalue weighted by atomic mass is 16.6. The molecule has 12 N–H and O–H groups in total. The lowest BCUT2D eigenvalue weighted by molar-refractivity contribution is -0.121. The van der Waals surface area contributed by atoms with Gasteiger partial charge in [-0.05, 0) is 22.1 Å². The SMILES string of the molecule is N.N.N.N.[N-]=[N+]=NCCOCCOCC(COCCOCCN=[N+]=[N-])(COCCOCCN=[N+]=[N-])COCCOCCN=[N+]=[N-]. The molecule has 0 rings (SSSR count). The molecule has 0 bridgehead atoms. The minimum absolute atomic E-state index is 0. The highest BCUT2D eigenvalue weighted by molar-refractivity contribution is 4.79. The van der Waals surface area contributed by atoms with Crippen LogP contribution in [0.2, 0.25) is 0 Å². The van der Waals surface area contributed by atoms with Crippen LogP contribution in [0.4, 0.5) is 0 Å². The molecule has 0 atom stereocenters. The van der Waals surface area contributed by atoms with Crippen LogP contribution >= 0.6 is 0 Å². The molecule has 0 aromatic carbocycles. The topological polar surface area (TPSA) is 409 Å². The minimum Gasteiger partial charge on any atom is -0.379 e. The smallest absolute Gasteiger partial charge is 0.0700 e. The van der Waals surface area contributed by atoms with Gasteiger partial charge in [0.25, 0.3) is 0 Å². The van der Waals surface area contributed by atoms with Gasteiger partial charge in [-0.3, -0.25) is 0 Å². The molecule has 0 fully saturated rings. The highest BCUT2D eigenvalue weighted by Crippen LogP contribution is 2.21. The maximum atomic E-state index is 8.32. The van der Waals surface area contributed by atoms with Gasteiger partial charge in [0.15, 0.2) is 0 Å². The van der Waals surface area contributed by atoms with Crippen LogP contribution in [-0.2, 0) is 37.9 Å². The van der Waals surface area contributed by atoms with Crippen LogP contribution in [0.15, 0.2) is 20.5 Å². The monoisotopic (exact) mass is 656 g/mol. The van der Waals surface area contributed by atoms with Crippen LogP contribution < -0.4 is 24.6 Å². The van der Waals surface area contributed by atoms with E-state index >= 15 is 0 Å². The molecular weight excluding hydrogens is 604 g/mol. The van der Waals surface area contributed by atoms with Crippen LogP contribution in [0.1, 0.15) is 0 Å². The third-order valence-electron chi connectivity index (χ3n) is 4.72. The summed E-state index contributed by atoms with van der Waals surface area (Å²) in [5, 5.41) is 13.6. The van der Waals surface area contributed by atoms with Crippen molar-refractivity contribution in [3.05, 3.63) is 41.8 Å². The van der Waals surface area contributed by atoms with Crippen molar-refractivity contribution in [1.82, 2.24) is 24.6 Å². The Morgan fingerprint density at radius 1 is 0.333 bits per heavy atom. The molecule has 0 aliphatic heterocycles. The molecule has 0 saturated heterocycles. The molecule has 264 valence electrons. The Hall–Kier alpha value is -3.24. The number of hydrogen-bond acceptors (Lipinski definition) is 16. The standard InChI is InChI=1S/C21H40N12O8.4H3N/c22-30-26-1-5-34-9-13-38-17-21(18-39-14-10-35-6-2-27-31-23,19-40-15-11-36-7-3-28-32-24)20-41-16-12-37-8-4-29-33-25;;;;/h1-20H2;4*1H3. The molecular formula is C21H52N16O8. The fraction of sp³-hybridized carbons (Fsp3) is 1.00. The van der Waals surface area contributed by atoms with Gasteiger partial charge >= 0.3 is 0 Å². The maximum Gasteiger partial charge on any atom is 0.0700 e. The zero-order valence-corrected chi connectivity index (χ0v) is 26.1. The van der Waals surface area contributed by atoms with Crippen molar-refractivity contribution in [3.63, 3.8) is 0 Å². The van der Waals surface area contributed by atoms with E-state index in [9.17, 15) is 0 Å². The molecule has 0 aromatic rings. The molecule has 0 aliphatic carbocycles. The van der Waals surface area contributed by atoms with E-state index in [0.29, 0.717) is 26.4 Å². The van der Waals surface area contributed by atoms with Crippen LogP contribution in [0.3, 0.4) is 0 Å². The summed E-state index contributed by atoms with van der Waals surface area (Å²) in [7, 11) is 0. The molecule has 0 aromatic heterocycles. The van der Waals surface area contributed by atoms with Crippen LogP contribution in [0, 0.1) is 5.41 Å². The molecule has 0 saturated carbocycles. The minimum atomic E-state index is -0.702. The van der Waals surface area contributed by atoms with E-state index in [4.69, 9.17) is 60.0 Å².